The molecule has 0 saturated carbocycles. The Bertz CT molecular complexity index is 3610. The maximum Gasteiger partial charge on any atom is 0.295 e. The number of hydrogen-bond acceptors (Lipinski definition) is 10. The summed E-state index contributed by atoms with van der Waals surface area (Å²) in [6, 6.07) is 34.8. The first-order valence-corrected chi connectivity index (χ1v) is 27.7. The SMILES string of the molecule is C#Cc1cccc(Oc2c(F)c(F)c(-c3c(F)c(F)c(Sc4ccc(Sc5ccc(Sc6ccc(S(=O)(=O)c7ccc(Sc8ccc(SC)cc8)c(S(=O)(=O)O)c7)cc6)cc5)cc4)c(F)c3F)c(F)c2F)c1. The maximum absolute atomic E-state index is 15.5. The van der Waals surface area contributed by atoms with E-state index in [1.807, 2.05) is 18.4 Å². The van der Waals surface area contributed by atoms with Gasteiger partial charge in [-0.1, -0.05) is 59.0 Å². The zero-order valence-electron chi connectivity index (χ0n) is 36.2. The van der Waals surface area contributed by atoms with Crippen molar-refractivity contribution in [1.82, 2.24) is 0 Å². The molecule has 8 aromatic rings. The standard InChI is InChI=1S/C51H28F8O6S7/c1-3-27-5-4-6-28(25-27)65-50-46(56)42(52)40(43(53)47(50)57)41-44(54)48(58)51(49(59)45(41)55)70-35-17-15-32(16-18-35)67-30-11-13-31(14-12-30)68-33-19-21-36(22-20-33)71(60,61)37-23-24-38(39(26-37)72(62,63)64)69-34-9-7-29(66-2)8-10-34/h1,4-26H,2H3,(H,62,63,64). The quantitative estimate of drug-likeness (QED) is 0.0349. The van der Waals surface area contributed by atoms with Gasteiger partial charge in [0.15, 0.2) is 34.9 Å². The number of rotatable bonds is 15. The molecule has 0 heterocycles. The van der Waals surface area contributed by atoms with Crippen molar-refractivity contribution in [1.29, 1.82) is 0 Å². The summed E-state index contributed by atoms with van der Waals surface area (Å²) in [7, 11) is -9.02. The number of halogens is 8. The predicted molar refractivity (Wildman–Crippen MR) is 262 cm³/mol. The summed E-state index contributed by atoms with van der Waals surface area (Å²) in [6.07, 6.45) is 7.18. The van der Waals surface area contributed by atoms with Crippen LogP contribution in [-0.4, -0.2) is 27.6 Å². The van der Waals surface area contributed by atoms with Crippen molar-refractivity contribution >= 4 is 78.8 Å². The molecular weight excluding hydrogens is 1090 g/mol. The Labute approximate surface area is 428 Å². The molecule has 6 nitrogen and oxygen atoms in total. The van der Waals surface area contributed by atoms with Crippen molar-refractivity contribution in [3.8, 4) is 35.0 Å². The molecule has 0 aromatic heterocycles. The number of thioether (sulfide) groups is 1. The second-order valence-electron chi connectivity index (χ2n) is 14.8. The molecule has 8 rings (SSSR count). The highest BCUT2D eigenvalue weighted by Crippen LogP contribution is 2.45. The normalized spacial score (nSPS) is 11.7. The highest BCUT2D eigenvalue weighted by atomic mass is 32.2. The Morgan fingerprint density at radius 2 is 0.903 bits per heavy atom. The second kappa shape index (κ2) is 21.7. The molecule has 0 spiro atoms. The molecule has 0 unspecified atom stereocenters. The molecule has 0 atom stereocenters. The topological polar surface area (TPSA) is 97.7 Å². The van der Waals surface area contributed by atoms with E-state index in [0.29, 0.717) is 14.7 Å². The van der Waals surface area contributed by atoms with Crippen LogP contribution in [0.2, 0.25) is 0 Å². The monoisotopic (exact) mass is 1110 g/mol. The van der Waals surface area contributed by atoms with Gasteiger partial charge < -0.3 is 4.74 Å². The van der Waals surface area contributed by atoms with Gasteiger partial charge in [-0.05, 0) is 140 Å². The van der Waals surface area contributed by atoms with E-state index in [0.717, 1.165) is 44.6 Å². The van der Waals surface area contributed by atoms with Crippen LogP contribution in [0, 0.1) is 58.9 Å². The lowest BCUT2D eigenvalue weighted by Crippen LogP contribution is -2.09. The van der Waals surface area contributed by atoms with Gasteiger partial charge in [-0.15, -0.1) is 18.2 Å². The fraction of sp³-hybridized carbons (Fsp3) is 0.0196. The van der Waals surface area contributed by atoms with E-state index in [1.165, 1.54) is 83.8 Å². The smallest absolute Gasteiger partial charge is 0.295 e. The van der Waals surface area contributed by atoms with Crippen molar-refractivity contribution in [3.05, 3.63) is 192 Å². The summed E-state index contributed by atoms with van der Waals surface area (Å²) >= 11 is 5.44. The molecule has 0 fully saturated rings. The predicted octanol–water partition coefficient (Wildman–Crippen LogP) is 15.6. The van der Waals surface area contributed by atoms with Gasteiger partial charge in [0.25, 0.3) is 10.1 Å². The third-order valence-corrected chi connectivity index (χ3v) is 17.9. The van der Waals surface area contributed by atoms with Gasteiger partial charge >= 0.3 is 0 Å². The molecule has 0 radical (unpaired) electrons. The van der Waals surface area contributed by atoms with Gasteiger partial charge in [-0.2, -0.15) is 17.2 Å². The van der Waals surface area contributed by atoms with E-state index in [9.17, 15) is 21.4 Å². The van der Waals surface area contributed by atoms with Crippen LogP contribution in [0.5, 0.6) is 11.5 Å². The van der Waals surface area contributed by atoms with Crippen molar-refractivity contribution in [3.63, 3.8) is 0 Å². The van der Waals surface area contributed by atoms with Gasteiger partial charge in [0.1, 0.15) is 10.6 Å². The first-order chi connectivity index (χ1) is 34.3. The van der Waals surface area contributed by atoms with Gasteiger partial charge in [0.05, 0.1) is 25.8 Å². The van der Waals surface area contributed by atoms with Crippen molar-refractivity contribution in [2.24, 2.45) is 0 Å². The molecule has 366 valence electrons. The zero-order valence-corrected chi connectivity index (χ0v) is 41.9. The first-order valence-electron chi connectivity index (χ1n) is 20.3. The van der Waals surface area contributed by atoms with Crippen LogP contribution < -0.4 is 4.74 Å². The van der Waals surface area contributed by atoms with E-state index >= 15 is 35.1 Å². The molecule has 0 aliphatic rings. The summed E-state index contributed by atoms with van der Waals surface area (Å²) in [5.41, 5.74) is -3.89. The van der Waals surface area contributed by atoms with Gasteiger partial charge in [0.2, 0.25) is 27.2 Å². The zero-order chi connectivity index (χ0) is 51.6. The molecule has 0 amide bonds. The summed E-state index contributed by atoms with van der Waals surface area (Å²) in [5, 5.41) is 0. The Balaban J connectivity index is 0.918. The highest BCUT2D eigenvalue weighted by molar-refractivity contribution is 8.00. The molecule has 0 aliphatic heterocycles. The van der Waals surface area contributed by atoms with Crippen LogP contribution in [0.4, 0.5) is 35.1 Å². The molecule has 1 N–H and O–H groups in total. The largest absolute Gasteiger partial charge is 0.451 e. The lowest BCUT2D eigenvalue weighted by atomic mass is 10.0. The lowest BCUT2D eigenvalue weighted by Gasteiger charge is -2.16. The van der Waals surface area contributed by atoms with Crippen LogP contribution in [0.1, 0.15) is 5.56 Å². The number of benzene rings is 8. The van der Waals surface area contributed by atoms with Gasteiger partial charge in [0, 0.05) is 44.7 Å². The van der Waals surface area contributed by atoms with Crippen molar-refractivity contribution in [2.45, 2.75) is 58.7 Å². The van der Waals surface area contributed by atoms with Crippen LogP contribution >= 0.6 is 58.8 Å². The Hall–Kier alpha value is -5.83. The summed E-state index contributed by atoms with van der Waals surface area (Å²) in [6.45, 7) is 0. The Morgan fingerprint density at radius 3 is 1.36 bits per heavy atom. The Kier molecular flexibility index (Phi) is 15.8. The number of ether oxygens (including phenoxy) is 1. The third-order valence-electron chi connectivity index (χ3n) is 10.2. The number of terminal acetylenes is 1. The number of hydrogen-bond donors (Lipinski definition) is 1. The van der Waals surface area contributed by atoms with E-state index in [2.05, 4.69) is 5.92 Å². The minimum absolute atomic E-state index is 0.0858. The van der Waals surface area contributed by atoms with E-state index in [1.54, 1.807) is 60.7 Å². The van der Waals surface area contributed by atoms with E-state index in [4.69, 9.17) is 11.2 Å². The molecule has 0 aliphatic carbocycles. The molecule has 8 aromatic carbocycles. The second-order valence-corrected chi connectivity index (χ2v) is 23.5. The van der Waals surface area contributed by atoms with E-state index in [-0.39, 0.29) is 42.7 Å². The average molecular weight is 1110 g/mol. The molecular formula is C51H28F8O6S7. The van der Waals surface area contributed by atoms with Gasteiger partial charge in [-0.3, -0.25) is 4.55 Å². The van der Waals surface area contributed by atoms with Crippen LogP contribution in [0.3, 0.4) is 0 Å². The molecule has 72 heavy (non-hydrogen) atoms. The number of sulfone groups is 1. The fourth-order valence-electron chi connectivity index (χ4n) is 6.69. The van der Waals surface area contributed by atoms with Crippen molar-refractivity contribution < 1.29 is 61.2 Å². The third kappa shape index (κ3) is 11.2. The van der Waals surface area contributed by atoms with Crippen molar-refractivity contribution in [2.75, 3.05) is 6.26 Å². The highest BCUT2D eigenvalue weighted by Gasteiger charge is 2.35. The lowest BCUT2D eigenvalue weighted by molar-refractivity contribution is 0.366. The first kappa shape index (κ1) is 52.5. The molecule has 0 saturated heterocycles. The maximum atomic E-state index is 15.5. The summed E-state index contributed by atoms with van der Waals surface area (Å²) in [4.78, 5) is 2.52. The molecule has 21 heteroatoms. The van der Waals surface area contributed by atoms with Crippen LogP contribution in [-0.2, 0) is 20.0 Å². The average Bonchev–Trinajstić information content (AvgIpc) is 3.37. The summed E-state index contributed by atoms with van der Waals surface area (Å²) in [5.74, 6) is -17.8. The van der Waals surface area contributed by atoms with Crippen LogP contribution in [0.15, 0.2) is 198 Å². The minimum Gasteiger partial charge on any atom is -0.451 e. The minimum atomic E-state index is -4.81. The Morgan fingerprint density at radius 1 is 0.486 bits per heavy atom. The van der Waals surface area contributed by atoms with E-state index < -0.39 is 93.2 Å². The van der Waals surface area contributed by atoms with Gasteiger partial charge in [-0.25, -0.2) is 34.8 Å². The summed E-state index contributed by atoms with van der Waals surface area (Å²) < 4.78 is 189. The molecule has 0 bridgehead atoms. The van der Waals surface area contributed by atoms with Crippen LogP contribution in [0.25, 0.3) is 11.1 Å². The fourth-order valence-corrected chi connectivity index (χ4v) is 12.8.